The van der Waals surface area contributed by atoms with E-state index in [2.05, 4.69) is 5.10 Å². The normalized spacial score (nSPS) is 15.6. The fourth-order valence-electron chi connectivity index (χ4n) is 2.11. The van der Waals surface area contributed by atoms with Crippen LogP contribution < -0.4 is 5.01 Å². The molecular formula is C18H16N2O2S. The highest BCUT2D eigenvalue weighted by atomic mass is 32.2. The second kappa shape index (κ2) is 7.15. The van der Waals surface area contributed by atoms with Crippen LogP contribution in [0.1, 0.15) is 12.5 Å². The number of nitrogens with zero attached hydrogens (tertiary/aromatic N) is 2. The molecule has 116 valence electrons. The Morgan fingerprint density at radius 1 is 1.13 bits per heavy atom. The van der Waals surface area contributed by atoms with Gasteiger partial charge in [0.1, 0.15) is 5.03 Å². The lowest BCUT2D eigenvalue weighted by Gasteiger charge is -2.15. The summed E-state index contributed by atoms with van der Waals surface area (Å²) in [4.78, 5) is 12.0. The van der Waals surface area contributed by atoms with Crippen molar-refractivity contribution in [2.24, 2.45) is 5.10 Å². The molecule has 1 heterocycles. The van der Waals surface area contributed by atoms with Gasteiger partial charge in [-0.25, -0.2) is 9.80 Å². The van der Waals surface area contributed by atoms with Crippen LogP contribution in [0.5, 0.6) is 0 Å². The van der Waals surface area contributed by atoms with Crippen LogP contribution >= 0.6 is 11.8 Å². The Hall–Kier alpha value is -2.53. The van der Waals surface area contributed by atoms with Gasteiger partial charge in [-0.15, -0.1) is 0 Å². The summed E-state index contributed by atoms with van der Waals surface area (Å²) in [6.07, 6.45) is 2.01. The van der Waals surface area contributed by atoms with Crippen molar-refractivity contribution in [1.29, 1.82) is 0 Å². The third-order valence-corrected chi connectivity index (χ3v) is 4.08. The van der Waals surface area contributed by atoms with E-state index in [0.717, 1.165) is 16.3 Å². The third kappa shape index (κ3) is 3.63. The molecule has 0 aromatic heterocycles. The van der Waals surface area contributed by atoms with E-state index in [1.54, 1.807) is 11.9 Å². The molecule has 0 N–H and O–H groups in total. The number of carbonyl (C=O) groups is 1. The fourth-order valence-corrected chi connectivity index (χ4v) is 3.01. The van der Waals surface area contributed by atoms with Gasteiger partial charge in [-0.1, -0.05) is 48.5 Å². The second-order valence-corrected chi connectivity index (χ2v) is 5.78. The van der Waals surface area contributed by atoms with Crippen molar-refractivity contribution < 1.29 is 9.53 Å². The summed E-state index contributed by atoms with van der Waals surface area (Å²) in [7, 11) is 0. The van der Waals surface area contributed by atoms with E-state index in [-0.39, 0.29) is 0 Å². The number of para-hydroxylation sites is 1. The van der Waals surface area contributed by atoms with Crippen LogP contribution in [0.15, 0.2) is 70.8 Å². The summed E-state index contributed by atoms with van der Waals surface area (Å²) in [5.41, 5.74) is 1.96. The van der Waals surface area contributed by atoms with E-state index < -0.39 is 5.97 Å². The molecule has 5 heteroatoms. The monoisotopic (exact) mass is 324 g/mol. The molecule has 0 saturated carbocycles. The van der Waals surface area contributed by atoms with Crippen LogP contribution in [-0.2, 0) is 9.53 Å². The zero-order chi connectivity index (χ0) is 16.1. The predicted molar refractivity (Wildman–Crippen MR) is 95.0 cm³/mol. The minimum Gasteiger partial charge on any atom is -0.461 e. The highest BCUT2D eigenvalue weighted by Gasteiger charge is 2.28. The Balaban J connectivity index is 1.95. The number of carbonyl (C=O) groups excluding carboxylic acids is 1. The summed E-state index contributed by atoms with van der Waals surface area (Å²) in [6.45, 7) is 2.12. The van der Waals surface area contributed by atoms with Gasteiger partial charge in [-0.2, -0.15) is 5.10 Å². The van der Waals surface area contributed by atoms with Crippen molar-refractivity contribution in [3.63, 3.8) is 0 Å². The van der Waals surface area contributed by atoms with Crippen molar-refractivity contribution >= 4 is 34.5 Å². The van der Waals surface area contributed by atoms with Crippen molar-refractivity contribution in [1.82, 2.24) is 0 Å². The van der Waals surface area contributed by atoms with Crippen LogP contribution in [0.4, 0.5) is 5.69 Å². The molecule has 23 heavy (non-hydrogen) atoms. The molecule has 0 radical (unpaired) electrons. The minimum absolute atomic E-state index is 0.335. The lowest BCUT2D eigenvalue weighted by Crippen LogP contribution is -2.13. The largest absolute Gasteiger partial charge is 0.461 e. The molecule has 0 aliphatic carbocycles. The number of esters is 1. The van der Waals surface area contributed by atoms with Crippen LogP contribution in [0.25, 0.3) is 6.08 Å². The molecule has 1 aliphatic heterocycles. The summed E-state index contributed by atoms with van der Waals surface area (Å²) >= 11 is 1.32. The molecule has 2 aromatic carbocycles. The van der Waals surface area contributed by atoms with Gasteiger partial charge < -0.3 is 4.74 Å². The predicted octanol–water partition coefficient (Wildman–Crippen LogP) is 4.12. The van der Waals surface area contributed by atoms with E-state index in [1.165, 1.54) is 11.8 Å². The SMILES string of the molecule is CCOC(=O)C1=NN(c2ccccc2)/C(=C/c2ccccc2)S1. The third-order valence-electron chi connectivity index (χ3n) is 3.14. The molecule has 0 unspecified atom stereocenters. The summed E-state index contributed by atoms with van der Waals surface area (Å²) in [5.74, 6) is -0.394. The molecular weight excluding hydrogens is 308 g/mol. The van der Waals surface area contributed by atoms with Gasteiger partial charge in [-0.3, -0.25) is 0 Å². The van der Waals surface area contributed by atoms with Crippen molar-refractivity contribution in [3.8, 4) is 0 Å². The van der Waals surface area contributed by atoms with Crippen molar-refractivity contribution in [2.45, 2.75) is 6.92 Å². The van der Waals surface area contributed by atoms with E-state index in [0.29, 0.717) is 11.7 Å². The molecule has 2 aromatic rings. The van der Waals surface area contributed by atoms with Crippen molar-refractivity contribution in [3.05, 3.63) is 71.3 Å². The lowest BCUT2D eigenvalue weighted by atomic mass is 10.2. The maximum Gasteiger partial charge on any atom is 0.365 e. The number of hydrogen-bond donors (Lipinski definition) is 0. The molecule has 0 fully saturated rings. The standard InChI is InChI=1S/C18H16N2O2S/c1-2-22-18(21)17-19-20(15-11-7-4-8-12-15)16(23-17)13-14-9-5-3-6-10-14/h3-13H,2H2,1H3/b16-13-. The van der Waals surface area contributed by atoms with Gasteiger partial charge in [0.25, 0.3) is 0 Å². The summed E-state index contributed by atoms with van der Waals surface area (Å²) < 4.78 is 5.06. The molecule has 0 saturated heterocycles. The van der Waals surface area contributed by atoms with Crippen molar-refractivity contribution in [2.75, 3.05) is 11.6 Å². The van der Waals surface area contributed by atoms with Gasteiger partial charge in [0.15, 0.2) is 0 Å². The molecule has 3 rings (SSSR count). The quantitative estimate of drug-likeness (QED) is 0.794. The van der Waals surface area contributed by atoms with Crippen LogP contribution in [0.3, 0.4) is 0 Å². The number of hydrogen-bond acceptors (Lipinski definition) is 5. The average Bonchev–Trinajstić information content (AvgIpc) is 3.01. The molecule has 0 bridgehead atoms. The number of hydrazone groups is 1. The Kier molecular flexibility index (Phi) is 4.78. The summed E-state index contributed by atoms with van der Waals surface area (Å²) in [5, 5.41) is 7.40. The van der Waals surface area contributed by atoms with E-state index in [1.807, 2.05) is 66.7 Å². The number of benzene rings is 2. The maximum absolute atomic E-state index is 12.0. The molecule has 0 spiro atoms. The van der Waals surface area contributed by atoms with Gasteiger partial charge in [0.05, 0.1) is 12.3 Å². The average molecular weight is 324 g/mol. The van der Waals surface area contributed by atoms with Gasteiger partial charge >= 0.3 is 5.97 Å². The Bertz CT molecular complexity index is 742. The first kappa shape index (κ1) is 15.4. The zero-order valence-corrected chi connectivity index (χ0v) is 13.5. The van der Waals surface area contributed by atoms with E-state index >= 15 is 0 Å². The summed E-state index contributed by atoms with van der Waals surface area (Å²) in [6, 6.07) is 19.7. The Morgan fingerprint density at radius 3 is 2.43 bits per heavy atom. The first-order valence-corrected chi connectivity index (χ1v) is 8.15. The van der Waals surface area contributed by atoms with E-state index in [4.69, 9.17) is 4.74 Å². The minimum atomic E-state index is -0.394. The number of thioether (sulfide) groups is 1. The number of anilines is 1. The van der Waals surface area contributed by atoms with Gasteiger partial charge in [0.2, 0.25) is 5.04 Å². The Morgan fingerprint density at radius 2 is 1.78 bits per heavy atom. The van der Waals surface area contributed by atoms with Crippen LogP contribution in [-0.4, -0.2) is 17.6 Å². The zero-order valence-electron chi connectivity index (χ0n) is 12.7. The fraction of sp³-hybridized carbons (Fsp3) is 0.111. The smallest absolute Gasteiger partial charge is 0.365 e. The molecule has 1 aliphatic rings. The van der Waals surface area contributed by atoms with Gasteiger partial charge in [-0.05, 0) is 42.5 Å². The molecule has 0 atom stereocenters. The van der Waals surface area contributed by atoms with Crippen LogP contribution in [0, 0.1) is 0 Å². The number of rotatable bonds is 4. The first-order valence-electron chi connectivity index (χ1n) is 7.33. The highest BCUT2D eigenvalue weighted by molar-refractivity contribution is 8.19. The topological polar surface area (TPSA) is 41.9 Å². The maximum atomic E-state index is 12.0. The van der Waals surface area contributed by atoms with Crippen LogP contribution in [0.2, 0.25) is 0 Å². The Labute approximate surface area is 139 Å². The first-order chi connectivity index (χ1) is 11.3. The second-order valence-electron chi connectivity index (χ2n) is 4.77. The van der Waals surface area contributed by atoms with E-state index in [9.17, 15) is 4.79 Å². The molecule has 4 nitrogen and oxygen atoms in total. The lowest BCUT2D eigenvalue weighted by molar-refractivity contribution is -0.134. The number of ether oxygens (including phenoxy) is 1. The van der Waals surface area contributed by atoms with Gasteiger partial charge in [0, 0.05) is 0 Å². The highest BCUT2D eigenvalue weighted by Crippen LogP contribution is 2.36. The molecule has 0 amide bonds.